The van der Waals surface area contributed by atoms with Crippen LogP contribution in [-0.2, 0) is 20.9 Å². The molecule has 0 saturated carbocycles. The Hall–Kier alpha value is -1.89. The van der Waals surface area contributed by atoms with Gasteiger partial charge in [-0.3, -0.25) is 4.79 Å². The van der Waals surface area contributed by atoms with Crippen LogP contribution in [0.15, 0.2) is 18.7 Å². The fraction of sp³-hybridized carbons (Fsp3) is 0.500. The van der Waals surface area contributed by atoms with Crippen LogP contribution >= 0.6 is 0 Å². The number of aromatic nitrogens is 2. The molecule has 0 aliphatic rings. The normalized spacial score (nSPS) is 12.1. The van der Waals surface area contributed by atoms with Gasteiger partial charge < -0.3 is 19.7 Å². The molecule has 0 radical (unpaired) electrons. The highest BCUT2D eigenvalue weighted by molar-refractivity contribution is 5.78. The lowest BCUT2D eigenvalue weighted by molar-refractivity contribution is -0.148. The molecule has 1 atom stereocenters. The minimum atomic E-state index is -1.09. The number of hydrogen-bond acceptors (Lipinski definition) is 4. The monoisotopic (exact) mass is 241 g/mol. The summed E-state index contributed by atoms with van der Waals surface area (Å²) in [5, 5.41) is 11.2. The summed E-state index contributed by atoms with van der Waals surface area (Å²) in [7, 11) is 1.29. The predicted octanol–water partition coefficient (Wildman–Crippen LogP) is -0.511. The second-order valence-corrected chi connectivity index (χ2v) is 3.42. The number of ether oxygens (including phenoxy) is 1. The van der Waals surface area contributed by atoms with Crippen LogP contribution in [0.4, 0.5) is 0 Å². The molecular weight excluding hydrogens is 226 g/mol. The minimum absolute atomic E-state index is 0.0331. The first-order valence-corrected chi connectivity index (χ1v) is 5.11. The quantitative estimate of drug-likeness (QED) is 0.670. The summed E-state index contributed by atoms with van der Waals surface area (Å²) < 4.78 is 6.45. The molecule has 1 aromatic rings. The molecule has 1 rings (SSSR count). The molecule has 17 heavy (non-hydrogen) atoms. The molecule has 0 aromatic carbocycles. The third-order valence-corrected chi connectivity index (χ3v) is 2.20. The van der Waals surface area contributed by atoms with Crippen molar-refractivity contribution in [1.82, 2.24) is 14.9 Å². The van der Waals surface area contributed by atoms with Crippen molar-refractivity contribution in [3.63, 3.8) is 0 Å². The fourth-order valence-corrected chi connectivity index (χ4v) is 1.22. The van der Waals surface area contributed by atoms with Crippen molar-refractivity contribution in [1.29, 1.82) is 0 Å². The van der Waals surface area contributed by atoms with Gasteiger partial charge in [-0.1, -0.05) is 0 Å². The van der Waals surface area contributed by atoms with Gasteiger partial charge in [0.05, 0.1) is 12.9 Å². The lowest BCUT2D eigenvalue weighted by Crippen LogP contribution is -2.38. The van der Waals surface area contributed by atoms with Crippen LogP contribution < -0.4 is 5.32 Å². The van der Waals surface area contributed by atoms with E-state index in [9.17, 15) is 9.59 Å². The van der Waals surface area contributed by atoms with Gasteiger partial charge in [-0.05, 0) is 0 Å². The van der Waals surface area contributed by atoms with Gasteiger partial charge in [-0.2, -0.15) is 0 Å². The number of carbonyl (C=O) groups excluding carboxylic acids is 1. The summed E-state index contributed by atoms with van der Waals surface area (Å²) in [6, 6.07) is 0. The molecule has 1 heterocycles. The van der Waals surface area contributed by atoms with Gasteiger partial charge in [-0.15, -0.1) is 0 Å². The van der Waals surface area contributed by atoms with Crippen LogP contribution in [0.2, 0.25) is 0 Å². The smallest absolute Gasteiger partial charge is 0.334 e. The summed E-state index contributed by atoms with van der Waals surface area (Å²) in [4.78, 5) is 25.8. The van der Waals surface area contributed by atoms with E-state index in [1.807, 2.05) is 0 Å². The fourth-order valence-electron chi connectivity index (χ4n) is 1.22. The van der Waals surface area contributed by atoms with Crippen LogP contribution in [0.5, 0.6) is 0 Å². The van der Waals surface area contributed by atoms with E-state index in [1.54, 1.807) is 23.3 Å². The van der Waals surface area contributed by atoms with Crippen LogP contribution in [0.3, 0.4) is 0 Å². The summed E-state index contributed by atoms with van der Waals surface area (Å²) >= 11 is 0. The second-order valence-electron chi connectivity index (χ2n) is 3.42. The summed E-state index contributed by atoms with van der Waals surface area (Å²) in [5.74, 6) is -1.32. The molecule has 0 fully saturated rings. The Balaban J connectivity index is 2.23. The van der Waals surface area contributed by atoms with E-state index in [0.29, 0.717) is 6.54 Å². The van der Waals surface area contributed by atoms with E-state index in [-0.39, 0.29) is 18.9 Å². The van der Waals surface area contributed by atoms with Crippen LogP contribution in [0, 0.1) is 0 Å². The van der Waals surface area contributed by atoms with Crippen LogP contribution in [0.25, 0.3) is 0 Å². The first-order valence-electron chi connectivity index (χ1n) is 5.11. The molecule has 2 N–H and O–H groups in total. The van der Waals surface area contributed by atoms with Gasteiger partial charge in [0.25, 0.3) is 0 Å². The number of carboxylic acid groups (broad SMARTS) is 1. The maximum absolute atomic E-state index is 11.4. The average Bonchev–Trinajstić information content (AvgIpc) is 2.79. The number of methoxy groups -OCH3 is 1. The number of nitrogens with one attached hydrogen (secondary N) is 1. The Morgan fingerprint density at radius 1 is 1.59 bits per heavy atom. The Kier molecular flexibility index (Phi) is 5.15. The Morgan fingerprint density at radius 2 is 2.35 bits per heavy atom. The molecule has 0 bridgehead atoms. The van der Waals surface area contributed by atoms with Crippen LogP contribution in [-0.4, -0.2) is 46.3 Å². The van der Waals surface area contributed by atoms with Gasteiger partial charge in [-0.25, -0.2) is 9.78 Å². The third kappa shape index (κ3) is 4.64. The molecule has 0 aliphatic carbocycles. The minimum Gasteiger partial charge on any atom is -0.479 e. The molecule has 1 amide bonds. The number of nitrogens with zero attached hydrogens (tertiary/aromatic N) is 2. The van der Waals surface area contributed by atoms with Gasteiger partial charge >= 0.3 is 5.97 Å². The first-order chi connectivity index (χ1) is 8.13. The van der Waals surface area contributed by atoms with Crippen molar-refractivity contribution in [3.8, 4) is 0 Å². The Morgan fingerprint density at radius 3 is 2.88 bits per heavy atom. The molecule has 0 spiro atoms. The number of rotatable bonds is 7. The topological polar surface area (TPSA) is 93.5 Å². The molecular formula is C10H15N3O4. The van der Waals surface area contributed by atoms with E-state index >= 15 is 0 Å². The zero-order chi connectivity index (χ0) is 12.7. The maximum atomic E-state index is 11.4. The number of aryl methyl sites for hydroxylation is 1. The van der Waals surface area contributed by atoms with Gasteiger partial charge in [0.1, 0.15) is 0 Å². The number of amides is 1. The first kappa shape index (κ1) is 13.2. The van der Waals surface area contributed by atoms with Crippen molar-refractivity contribution in [2.24, 2.45) is 0 Å². The van der Waals surface area contributed by atoms with E-state index < -0.39 is 12.1 Å². The van der Waals surface area contributed by atoms with Crippen LogP contribution in [0.1, 0.15) is 6.42 Å². The highest BCUT2D eigenvalue weighted by atomic mass is 16.5. The number of carboxylic acids is 1. The molecule has 0 saturated heterocycles. The van der Waals surface area contributed by atoms with Crippen molar-refractivity contribution in [2.75, 3.05) is 13.7 Å². The molecule has 1 unspecified atom stereocenters. The number of hydrogen-bond donors (Lipinski definition) is 2. The largest absolute Gasteiger partial charge is 0.479 e. The average molecular weight is 241 g/mol. The van der Waals surface area contributed by atoms with Crippen molar-refractivity contribution in [3.05, 3.63) is 18.7 Å². The van der Waals surface area contributed by atoms with Crippen molar-refractivity contribution < 1.29 is 19.4 Å². The zero-order valence-corrected chi connectivity index (χ0v) is 9.50. The standard InChI is InChI=1S/C10H15N3O4/c1-17-8(10(15)16)6-12-9(14)2-4-13-5-3-11-7-13/h3,5,7-8H,2,4,6H2,1H3,(H,12,14)(H,15,16). The highest BCUT2D eigenvalue weighted by Gasteiger charge is 2.16. The molecule has 7 nitrogen and oxygen atoms in total. The van der Waals surface area contributed by atoms with Crippen molar-refractivity contribution >= 4 is 11.9 Å². The summed E-state index contributed by atoms with van der Waals surface area (Å²) in [6.45, 7) is 0.477. The zero-order valence-electron chi connectivity index (χ0n) is 9.50. The number of aliphatic carboxylic acids is 1. The lowest BCUT2D eigenvalue weighted by Gasteiger charge is -2.11. The van der Waals surface area contributed by atoms with E-state index in [0.717, 1.165) is 0 Å². The number of carbonyl (C=O) groups is 2. The van der Waals surface area contributed by atoms with E-state index in [1.165, 1.54) is 7.11 Å². The third-order valence-electron chi connectivity index (χ3n) is 2.20. The molecule has 94 valence electrons. The van der Waals surface area contributed by atoms with Gasteiger partial charge in [0.2, 0.25) is 5.91 Å². The van der Waals surface area contributed by atoms with Gasteiger partial charge in [0.15, 0.2) is 6.10 Å². The predicted molar refractivity (Wildman–Crippen MR) is 58.3 cm³/mol. The Bertz CT molecular complexity index is 364. The second kappa shape index (κ2) is 6.64. The SMILES string of the molecule is COC(CNC(=O)CCn1ccnc1)C(=O)O. The van der Waals surface area contributed by atoms with E-state index in [2.05, 4.69) is 15.0 Å². The molecule has 0 aliphatic heterocycles. The lowest BCUT2D eigenvalue weighted by atomic mass is 10.3. The molecule has 7 heteroatoms. The highest BCUT2D eigenvalue weighted by Crippen LogP contribution is 1.92. The number of imidazole rings is 1. The summed E-state index contributed by atoms with van der Waals surface area (Å²) in [6.07, 6.45) is 4.26. The maximum Gasteiger partial charge on any atom is 0.334 e. The van der Waals surface area contributed by atoms with Gasteiger partial charge in [0, 0.05) is 32.5 Å². The van der Waals surface area contributed by atoms with E-state index in [4.69, 9.17) is 5.11 Å². The Labute approximate surface area is 98.4 Å². The molecule has 1 aromatic heterocycles. The van der Waals surface area contributed by atoms with Crippen molar-refractivity contribution in [2.45, 2.75) is 19.1 Å². The summed E-state index contributed by atoms with van der Waals surface area (Å²) in [5.41, 5.74) is 0.